The lowest BCUT2D eigenvalue weighted by molar-refractivity contribution is 0.0702. The smallest absolute Gasteiger partial charge is 0.345 e. The Labute approximate surface area is 120 Å². The van der Waals surface area contributed by atoms with Crippen LogP contribution in [0.4, 0.5) is 0 Å². The summed E-state index contributed by atoms with van der Waals surface area (Å²) in [5.41, 5.74) is 1.10. The van der Waals surface area contributed by atoms with E-state index in [0.717, 1.165) is 21.4 Å². The standard InChI is InChI=1S/C16H12O3S/c17-16(18)15-8-12-6-7-13(9-14(12)20-15)19-10-11-4-2-1-3-5-11/h1-9H,10H2,(H,17,18). The number of ether oxygens (including phenoxy) is 1. The molecule has 0 saturated carbocycles. The van der Waals surface area contributed by atoms with E-state index in [1.807, 2.05) is 48.5 Å². The van der Waals surface area contributed by atoms with Gasteiger partial charge in [0.1, 0.15) is 17.2 Å². The van der Waals surface area contributed by atoms with E-state index in [1.54, 1.807) is 6.07 Å². The third kappa shape index (κ3) is 2.65. The molecule has 20 heavy (non-hydrogen) atoms. The van der Waals surface area contributed by atoms with Gasteiger partial charge >= 0.3 is 5.97 Å². The first-order chi connectivity index (χ1) is 9.72. The predicted octanol–water partition coefficient (Wildman–Crippen LogP) is 4.18. The van der Waals surface area contributed by atoms with Crippen molar-refractivity contribution in [2.45, 2.75) is 6.61 Å². The largest absolute Gasteiger partial charge is 0.489 e. The zero-order chi connectivity index (χ0) is 13.9. The van der Waals surface area contributed by atoms with Crippen LogP contribution in [0.15, 0.2) is 54.6 Å². The van der Waals surface area contributed by atoms with Crippen LogP contribution in [-0.2, 0) is 6.61 Å². The molecule has 0 spiro atoms. The van der Waals surface area contributed by atoms with Gasteiger partial charge in [-0.05, 0) is 35.2 Å². The minimum Gasteiger partial charge on any atom is -0.489 e. The molecule has 100 valence electrons. The monoisotopic (exact) mass is 284 g/mol. The molecule has 1 N–H and O–H groups in total. The van der Waals surface area contributed by atoms with Crippen LogP contribution in [0.1, 0.15) is 15.2 Å². The number of fused-ring (bicyclic) bond motifs is 1. The average Bonchev–Trinajstić information content (AvgIpc) is 2.89. The van der Waals surface area contributed by atoms with Crippen molar-refractivity contribution in [2.24, 2.45) is 0 Å². The third-order valence-electron chi connectivity index (χ3n) is 2.95. The zero-order valence-electron chi connectivity index (χ0n) is 10.6. The summed E-state index contributed by atoms with van der Waals surface area (Å²) in [7, 11) is 0. The van der Waals surface area contributed by atoms with Gasteiger partial charge in [0, 0.05) is 4.70 Å². The van der Waals surface area contributed by atoms with E-state index in [9.17, 15) is 4.79 Å². The Kier molecular flexibility index (Phi) is 3.39. The highest BCUT2D eigenvalue weighted by atomic mass is 32.1. The third-order valence-corrected chi connectivity index (χ3v) is 4.04. The van der Waals surface area contributed by atoms with Crippen LogP contribution < -0.4 is 4.74 Å². The first-order valence-electron chi connectivity index (χ1n) is 6.16. The number of hydrogen-bond acceptors (Lipinski definition) is 3. The summed E-state index contributed by atoms with van der Waals surface area (Å²) in [5.74, 6) is -0.141. The van der Waals surface area contributed by atoms with Gasteiger partial charge in [-0.2, -0.15) is 0 Å². The summed E-state index contributed by atoms with van der Waals surface area (Å²) in [4.78, 5) is 11.3. The molecule has 1 aromatic heterocycles. The summed E-state index contributed by atoms with van der Waals surface area (Å²) >= 11 is 1.26. The van der Waals surface area contributed by atoms with Gasteiger partial charge in [0.2, 0.25) is 0 Å². The number of rotatable bonds is 4. The van der Waals surface area contributed by atoms with Gasteiger partial charge in [-0.15, -0.1) is 11.3 Å². The summed E-state index contributed by atoms with van der Waals surface area (Å²) in [5, 5.41) is 9.92. The van der Waals surface area contributed by atoms with E-state index >= 15 is 0 Å². The molecule has 4 heteroatoms. The van der Waals surface area contributed by atoms with Crippen molar-refractivity contribution in [1.82, 2.24) is 0 Å². The maximum absolute atomic E-state index is 10.9. The first-order valence-corrected chi connectivity index (χ1v) is 6.97. The second-order valence-electron chi connectivity index (χ2n) is 4.39. The molecule has 0 atom stereocenters. The maximum atomic E-state index is 10.9. The normalized spacial score (nSPS) is 10.6. The fraction of sp³-hybridized carbons (Fsp3) is 0.0625. The van der Waals surface area contributed by atoms with E-state index < -0.39 is 5.97 Å². The van der Waals surface area contributed by atoms with E-state index in [4.69, 9.17) is 9.84 Å². The highest BCUT2D eigenvalue weighted by Crippen LogP contribution is 2.29. The van der Waals surface area contributed by atoms with Crippen LogP contribution in [0, 0.1) is 0 Å². The molecule has 2 aromatic carbocycles. The number of carbonyl (C=O) groups is 1. The minimum atomic E-state index is -0.891. The molecule has 0 saturated heterocycles. The van der Waals surface area contributed by atoms with Crippen molar-refractivity contribution in [2.75, 3.05) is 0 Å². The molecule has 3 aromatic rings. The van der Waals surface area contributed by atoms with Crippen molar-refractivity contribution in [3.8, 4) is 5.75 Å². The molecule has 3 nitrogen and oxygen atoms in total. The zero-order valence-corrected chi connectivity index (χ0v) is 11.4. The molecular formula is C16H12O3S. The first kappa shape index (κ1) is 12.7. The van der Waals surface area contributed by atoms with Crippen LogP contribution in [0.25, 0.3) is 10.1 Å². The summed E-state index contributed by atoms with van der Waals surface area (Å²) in [6.07, 6.45) is 0. The van der Waals surface area contributed by atoms with Crippen LogP contribution in [-0.4, -0.2) is 11.1 Å². The maximum Gasteiger partial charge on any atom is 0.345 e. The summed E-state index contributed by atoms with van der Waals surface area (Å²) in [6.45, 7) is 0.503. The average molecular weight is 284 g/mol. The van der Waals surface area contributed by atoms with Gasteiger partial charge in [0.15, 0.2) is 0 Å². The van der Waals surface area contributed by atoms with Gasteiger partial charge in [-0.3, -0.25) is 0 Å². The number of carboxylic acids is 1. The minimum absolute atomic E-state index is 0.347. The van der Waals surface area contributed by atoms with Crippen LogP contribution >= 0.6 is 11.3 Å². The lowest BCUT2D eigenvalue weighted by Crippen LogP contribution is -1.94. The molecule has 3 rings (SSSR count). The van der Waals surface area contributed by atoms with Crippen molar-refractivity contribution >= 4 is 27.4 Å². The topological polar surface area (TPSA) is 46.5 Å². The lowest BCUT2D eigenvalue weighted by atomic mass is 10.2. The Hall–Kier alpha value is -2.33. The molecule has 0 aliphatic heterocycles. The molecular weight excluding hydrogens is 272 g/mol. The fourth-order valence-corrected chi connectivity index (χ4v) is 2.88. The van der Waals surface area contributed by atoms with Crippen molar-refractivity contribution < 1.29 is 14.6 Å². The molecule has 0 bridgehead atoms. The van der Waals surface area contributed by atoms with Gasteiger partial charge < -0.3 is 9.84 Å². The number of benzene rings is 2. The Morgan fingerprint density at radius 2 is 1.90 bits per heavy atom. The Bertz CT molecular complexity index is 747. The Balaban J connectivity index is 1.80. The van der Waals surface area contributed by atoms with Crippen molar-refractivity contribution in [3.63, 3.8) is 0 Å². The molecule has 0 fully saturated rings. The second-order valence-corrected chi connectivity index (χ2v) is 5.47. The van der Waals surface area contributed by atoms with Gasteiger partial charge in [-0.1, -0.05) is 30.3 Å². The molecule has 0 aliphatic rings. The Morgan fingerprint density at radius 1 is 1.10 bits per heavy atom. The van der Waals surface area contributed by atoms with E-state index in [1.165, 1.54) is 11.3 Å². The summed E-state index contributed by atoms with van der Waals surface area (Å²) in [6, 6.07) is 17.2. The van der Waals surface area contributed by atoms with Crippen LogP contribution in [0.2, 0.25) is 0 Å². The number of hydrogen-bond donors (Lipinski definition) is 1. The highest BCUT2D eigenvalue weighted by molar-refractivity contribution is 7.20. The Morgan fingerprint density at radius 3 is 2.65 bits per heavy atom. The molecule has 0 aliphatic carbocycles. The number of aromatic carboxylic acids is 1. The van der Waals surface area contributed by atoms with Crippen LogP contribution in [0.5, 0.6) is 5.75 Å². The van der Waals surface area contributed by atoms with Gasteiger partial charge in [-0.25, -0.2) is 4.79 Å². The van der Waals surface area contributed by atoms with Gasteiger partial charge in [0.25, 0.3) is 0 Å². The highest BCUT2D eigenvalue weighted by Gasteiger charge is 2.08. The van der Waals surface area contributed by atoms with E-state index in [0.29, 0.717) is 11.5 Å². The summed E-state index contributed by atoms with van der Waals surface area (Å²) < 4.78 is 6.65. The fourth-order valence-electron chi connectivity index (χ4n) is 1.95. The SMILES string of the molecule is O=C(O)c1cc2ccc(OCc3ccccc3)cc2s1. The second kappa shape index (κ2) is 5.35. The van der Waals surface area contributed by atoms with E-state index in [2.05, 4.69) is 0 Å². The molecule has 0 radical (unpaired) electrons. The molecule has 0 unspecified atom stereocenters. The van der Waals surface area contributed by atoms with Crippen molar-refractivity contribution in [3.05, 3.63) is 65.0 Å². The van der Waals surface area contributed by atoms with Crippen molar-refractivity contribution in [1.29, 1.82) is 0 Å². The predicted molar refractivity (Wildman–Crippen MR) is 79.6 cm³/mol. The van der Waals surface area contributed by atoms with Gasteiger partial charge in [0.05, 0.1) is 0 Å². The van der Waals surface area contributed by atoms with E-state index in [-0.39, 0.29) is 0 Å². The molecule has 1 heterocycles. The number of carboxylic acid groups (broad SMARTS) is 1. The lowest BCUT2D eigenvalue weighted by Gasteiger charge is -2.06. The number of thiophene rings is 1. The quantitative estimate of drug-likeness (QED) is 0.781. The van der Waals surface area contributed by atoms with Crippen LogP contribution in [0.3, 0.4) is 0 Å². The molecule has 0 amide bonds.